The number of hydrogen-bond acceptors (Lipinski definition) is 6. The van der Waals surface area contributed by atoms with Crippen LogP contribution in [0.3, 0.4) is 0 Å². The quantitative estimate of drug-likeness (QED) is 0.440. The van der Waals surface area contributed by atoms with Gasteiger partial charge in [-0.2, -0.15) is 0 Å². The first kappa shape index (κ1) is 20.9. The molecule has 31 heavy (non-hydrogen) atoms. The Balaban J connectivity index is 1.47. The highest BCUT2D eigenvalue weighted by Crippen LogP contribution is 2.31. The average molecular weight is 441 g/mol. The van der Waals surface area contributed by atoms with Crippen molar-refractivity contribution in [3.8, 4) is 5.75 Å². The maximum Gasteiger partial charge on any atom is 0.336 e. The number of aryl methyl sites for hydroxylation is 1. The number of nitrogens with zero attached hydrogens (tertiary/aromatic N) is 3. The van der Waals surface area contributed by atoms with Gasteiger partial charge in [0.1, 0.15) is 11.3 Å². The predicted molar refractivity (Wildman–Crippen MR) is 117 cm³/mol. The van der Waals surface area contributed by atoms with Gasteiger partial charge in [-0.15, -0.1) is 10.2 Å². The molecule has 1 unspecified atom stereocenters. The number of benzene rings is 1. The minimum atomic E-state index is -0.434. The van der Waals surface area contributed by atoms with Crippen molar-refractivity contribution in [1.82, 2.24) is 19.9 Å². The number of aromatic nitrogens is 3. The number of rotatable bonds is 7. The van der Waals surface area contributed by atoms with E-state index >= 15 is 0 Å². The maximum atomic E-state index is 12.4. The summed E-state index contributed by atoms with van der Waals surface area (Å²) in [7, 11) is 0. The van der Waals surface area contributed by atoms with E-state index in [2.05, 4.69) is 15.5 Å². The Bertz CT molecular complexity index is 1310. The summed E-state index contributed by atoms with van der Waals surface area (Å²) in [4.78, 5) is 24.3. The Hall–Kier alpha value is -3.39. The fraction of sp³-hybridized carbons (Fsp3) is 0.273. The van der Waals surface area contributed by atoms with E-state index in [4.69, 9.17) is 20.8 Å². The van der Waals surface area contributed by atoms with Gasteiger partial charge in [0.25, 0.3) is 5.91 Å². The molecule has 3 aromatic heterocycles. The van der Waals surface area contributed by atoms with Crippen LogP contribution in [0.25, 0.3) is 16.6 Å². The monoisotopic (exact) mass is 440 g/mol. The average Bonchev–Trinajstić information content (AvgIpc) is 3.17. The van der Waals surface area contributed by atoms with E-state index in [1.807, 2.05) is 42.6 Å². The molecule has 0 fully saturated rings. The van der Waals surface area contributed by atoms with E-state index in [1.54, 1.807) is 12.1 Å². The van der Waals surface area contributed by atoms with E-state index in [9.17, 15) is 9.59 Å². The largest absolute Gasteiger partial charge is 0.482 e. The third kappa shape index (κ3) is 4.39. The first-order chi connectivity index (χ1) is 15.0. The first-order valence-corrected chi connectivity index (χ1v) is 10.3. The van der Waals surface area contributed by atoms with E-state index < -0.39 is 5.63 Å². The molecule has 0 aliphatic rings. The number of carbonyl (C=O) groups is 1. The fourth-order valence-electron chi connectivity index (χ4n) is 3.46. The normalized spacial score (nSPS) is 12.2. The number of hydrogen-bond donors (Lipinski definition) is 1. The van der Waals surface area contributed by atoms with Crippen LogP contribution in [-0.4, -0.2) is 27.1 Å². The molecule has 9 heteroatoms. The number of fused-ring (bicyclic) bond motifs is 2. The van der Waals surface area contributed by atoms with E-state index in [0.717, 1.165) is 23.8 Å². The van der Waals surface area contributed by atoms with E-state index in [-0.39, 0.29) is 24.3 Å². The first-order valence-electron chi connectivity index (χ1n) is 9.94. The molecule has 0 spiro atoms. The third-order valence-electron chi connectivity index (χ3n) is 4.87. The van der Waals surface area contributed by atoms with Crippen molar-refractivity contribution in [2.24, 2.45) is 0 Å². The molecule has 1 amide bonds. The highest BCUT2D eigenvalue weighted by molar-refractivity contribution is 6.32. The summed E-state index contributed by atoms with van der Waals surface area (Å²) in [6, 6.07) is 9.90. The van der Waals surface area contributed by atoms with Crippen LogP contribution < -0.4 is 15.7 Å². The SMILES string of the molecule is CCCc1cc(=O)oc2cc(OCC(=O)NC(C)c3nnc4ccccn34)c(Cl)cc12. The number of halogens is 1. The summed E-state index contributed by atoms with van der Waals surface area (Å²) in [5.41, 5.74) is 1.51. The van der Waals surface area contributed by atoms with Crippen molar-refractivity contribution in [2.45, 2.75) is 32.7 Å². The van der Waals surface area contributed by atoms with Crippen molar-refractivity contribution in [3.63, 3.8) is 0 Å². The predicted octanol–water partition coefficient (Wildman–Crippen LogP) is 3.70. The van der Waals surface area contributed by atoms with Gasteiger partial charge in [-0.3, -0.25) is 9.20 Å². The molecular weight excluding hydrogens is 420 g/mol. The van der Waals surface area contributed by atoms with Gasteiger partial charge in [0, 0.05) is 23.7 Å². The van der Waals surface area contributed by atoms with Gasteiger partial charge in [-0.25, -0.2) is 4.79 Å². The lowest BCUT2D eigenvalue weighted by Crippen LogP contribution is -2.32. The summed E-state index contributed by atoms with van der Waals surface area (Å²) >= 11 is 6.35. The molecule has 0 saturated heterocycles. The fourth-order valence-corrected chi connectivity index (χ4v) is 3.68. The van der Waals surface area contributed by atoms with Gasteiger partial charge < -0.3 is 14.5 Å². The molecule has 0 radical (unpaired) electrons. The Labute approximate surface area is 182 Å². The second-order valence-electron chi connectivity index (χ2n) is 7.18. The van der Waals surface area contributed by atoms with Crippen LogP contribution in [0.4, 0.5) is 0 Å². The Morgan fingerprint density at radius 2 is 2.13 bits per heavy atom. The Kier molecular flexibility index (Phi) is 5.90. The van der Waals surface area contributed by atoms with Crippen LogP contribution in [0.1, 0.15) is 37.7 Å². The molecule has 0 aliphatic carbocycles. The van der Waals surface area contributed by atoms with Gasteiger partial charge in [0.05, 0.1) is 11.1 Å². The van der Waals surface area contributed by atoms with Crippen molar-refractivity contribution in [1.29, 1.82) is 0 Å². The van der Waals surface area contributed by atoms with Crippen LogP contribution >= 0.6 is 11.6 Å². The molecule has 8 nitrogen and oxygen atoms in total. The highest BCUT2D eigenvalue weighted by atomic mass is 35.5. The molecule has 4 aromatic rings. The van der Waals surface area contributed by atoms with Gasteiger partial charge in [0.2, 0.25) is 0 Å². The van der Waals surface area contributed by atoms with Crippen molar-refractivity contribution in [3.05, 3.63) is 69.4 Å². The zero-order valence-electron chi connectivity index (χ0n) is 17.1. The highest BCUT2D eigenvalue weighted by Gasteiger charge is 2.17. The van der Waals surface area contributed by atoms with Gasteiger partial charge in [-0.1, -0.05) is 31.0 Å². The molecule has 0 bridgehead atoms. The molecular formula is C22H21ClN4O4. The lowest BCUT2D eigenvalue weighted by Gasteiger charge is -2.14. The number of ether oxygens (including phenoxy) is 1. The molecule has 3 heterocycles. The molecule has 0 saturated carbocycles. The zero-order chi connectivity index (χ0) is 22.0. The van der Waals surface area contributed by atoms with Crippen LogP contribution in [-0.2, 0) is 11.2 Å². The Morgan fingerprint density at radius 3 is 2.94 bits per heavy atom. The third-order valence-corrected chi connectivity index (χ3v) is 5.16. The molecule has 160 valence electrons. The summed E-state index contributed by atoms with van der Waals surface area (Å²) < 4.78 is 12.7. The van der Waals surface area contributed by atoms with Gasteiger partial charge in [0.15, 0.2) is 18.1 Å². The summed E-state index contributed by atoms with van der Waals surface area (Å²) in [5.74, 6) is 0.525. The van der Waals surface area contributed by atoms with E-state index in [1.165, 1.54) is 6.07 Å². The van der Waals surface area contributed by atoms with Crippen LogP contribution in [0.2, 0.25) is 5.02 Å². The van der Waals surface area contributed by atoms with E-state index in [0.29, 0.717) is 22.1 Å². The standard InChI is InChI=1S/C22H21ClN4O4/c1-3-6-14-9-21(29)31-17-11-18(16(23)10-15(14)17)30-12-20(28)24-13(2)22-26-25-19-7-4-5-8-27(19)22/h4-5,7-11,13H,3,6,12H2,1-2H3,(H,24,28). The van der Waals surface area contributed by atoms with Crippen molar-refractivity contribution in [2.75, 3.05) is 6.61 Å². The second-order valence-corrected chi connectivity index (χ2v) is 7.59. The van der Waals surface area contributed by atoms with Crippen LogP contribution in [0, 0.1) is 0 Å². The second kappa shape index (κ2) is 8.77. The summed E-state index contributed by atoms with van der Waals surface area (Å²) in [6.07, 6.45) is 3.45. The topological polar surface area (TPSA) is 98.7 Å². The number of pyridine rings is 1. The summed E-state index contributed by atoms with van der Waals surface area (Å²) in [6.45, 7) is 3.58. The molecule has 1 aromatic carbocycles. The number of nitrogens with one attached hydrogen (secondary N) is 1. The Morgan fingerprint density at radius 1 is 1.29 bits per heavy atom. The number of amides is 1. The minimum Gasteiger partial charge on any atom is -0.482 e. The van der Waals surface area contributed by atoms with Crippen LogP contribution in [0.15, 0.2) is 51.8 Å². The number of carbonyl (C=O) groups excluding carboxylic acids is 1. The van der Waals surface area contributed by atoms with Crippen molar-refractivity contribution < 1.29 is 13.9 Å². The minimum absolute atomic E-state index is 0.259. The molecule has 1 N–H and O–H groups in total. The van der Waals surface area contributed by atoms with Gasteiger partial charge >= 0.3 is 5.63 Å². The zero-order valence-corrected chi connectivity index (χ0v) is 17.8. The van der Waals surface area contributed by atoms with Crippen LogP contribution in [0.5, 0.6) is 5.75 Å². The maximum absolute atomic E-state index is 12.4. The van der Waals surface area contributed by atoms with Crippen molar-refractivity contribution >= 4 is 34.1 Å². The van der Waals surface area contributed by atoms with Gasteiger partial charge in [-0.05, 0) is 37.1 Å². The summed E-state index contributed by atoms with van der Waals surface area (Å²) in [5, 5.41) is 12.2. The smallest absolute Gasteiger partial charge is 0.336 e. The molecule has 1 atom stereocenters. The lowest BCUT2D eigenvalue weighted by atomic mass is 10.1. The molecule has 4 rings (SSSR count). The molecule has 0 aliphatic heterocycles. The lowest BCUT2D eigenvalue weighted by molar-refractivity contribution is -0.123.